The number of imidazole rings is 1. The molecule has 0 fully saturated rings. The second-order valence-corrected chi connectivity index (χ2v) is 6.77. The Morgan fingerprint density at radius 1 is 1.17 bits per heavy atom. The molecule has 0 spiro atoms. The number of aryl methyl sites for hydroxylation is 2. The second-order valence-electron chi connectivity index (χ2n) is 5.48. The van der Waals surface area contributed by atoms with Crippen LogP contribution in [0.25, 0.3) is 22.6 Å². The number of benzene rings is 1. The van der Waals surface area contributed by atoms with Gasteiger partial charge in [-0.2, -0.15) is 0 Å². The van der Waals surface area contributed by atoms with E-state index in [0.29, 0.717) is 5.02 Å². The highest BCUT2D eigenvalue weighted by Crippen LogP contribution is 2.29. The molecule has 0 aliphatic carbocycles. The molecular weight excluding hydrogens is 342 g/mol. The minimum Gasteiger partial charge on any atom is -0.330 e. The average Bonchev–Trinajstić information content (AvgIpc) is 3.14. The molecule has 0 aliphatic rings. The first kappa shape index (κ1) is 15.1. The van der Waals surface area contributed by atoms with E-state index in [9.17, 15) is 0 Å². The monoisotopic (exact) mass is 355 g/mol. The zero-order valence-corrected chi connectivity index (χ0v) is 14.7. The van der Waals surface area contributed by atoms with Gasteiger partial charge >= 0.3 is 0 Å². The van der Waals surface area contributed by atoms with E-state index in [1.807, 2.05) is 54.3 Å². The maximum atomic E-state index is 6.05. The number of rotatable bonds is 3. The van der Waals surface area contributed by atoms with E-state index in [2.05, 4.69) is 20.3 Å². The fourth-order valence-electron chi connectivity index (χ4n) is 2.50. The van der Waals surface area contributed by atoms with Gasteiger partial charge in [0, 0.05) is 23.1 Å². The molecule has 0 unspecified atom stereocenters. The molecule has 24 heavy (non-hydrogen) atoms. The summed E-state index contributed by atoms with van der Waals surface area (Å²) in [7, 11) is 1.98. The molecule has 5 nitrogen and oxygen atoms in total. The Morgan fingerprint density at radius 3 is 2.83 bits per heavy atom. The van der Waals surface area contributed by atoms with Gasteiger partial charge < -0.3 is 9.88 Å². The van der Waals surface area contributed by atoms with Crippen molar-refractivity contribution in [3.8, 4) is 11.5 Å². The number of pyridine rings is 1. The Hall–Kier alpha value is -2.44. The van der Waals surface area contributed by atoms with Gasteiger partial charge in [-0.1, -0.05) is 11.6 Å². The van der Waals surface area contributed by atoms with Gasteiger partial charge in [-0.25, -0.2) is 9.97 Å². The normalized spacial score (nSPS) is 11.1. The quantitative estimate of drug-likeness (QED) is 0.573. The van der Waals surface area contributed by atoms with Gasteiger partial charge in [0.25, 0.3) is 0 Å². The molecule has 1 N–H and O–H groups in total. The molecule has 4 rings (SSSR count). The first-order chi connectivity index (χ1) is 11.6. The number of nitrogens with one attached hydrogen (secondary N) is 1. The SMILES string of the molecule is Cc1ccc(Nc2nc(-c3nc4cc(Cl)ccc4n3C)cs2)cn1. The summed E-state index contributed by atoms with van der Waals surface area (Å²) in [5.74, 6) is 0.818. The van der Waals surface area contributed by atoms with E-state index in [1.54, 1.807) is 6.20 Å². The summed E-state index contributed by atoms with van der Waals surface area (Å²) in [6, 6.07) is 9.65. The van der Waals surface area contributed by atoms with Crippen LogP contribution in [-0.2, 0) is 7.05 Å². The van der Waals surface area contributed by atoms with Crippen molar-refractivity contribution in [1.29, 1.82) is 0 Å². The summed E-state index contributed by atoms with van der Waals surface area (Å²) in [6.07, 6.45) is 1.80. The standard InChI is InChI=1S/C17H14ClN5S/c1-10-3-5-12(8-19-10)20-17-22-14(9-24-17)16-21-13-7-11(18)4-6-15(13)23(16)2/h3-9H,1-2H3,(H,20,22). The third-order valence-corrected chi connectivity index (χ3v) is 4.73. The highest BCUT2D eigenvalue weighted by atomic mass is 35.5. The van der Waals surface area contributed by atoms with Crippen LogP contribution in [0, 0.1) is 6.92 Å². The number of halogens is 1. The topological polar surface area (TPSA) is 55.6 Å². The highest BCUT2D eigenvalue weighted by Gasteiger charge is 2.13. The molecule has 0 saturated heterocycles. The van der Waals surface area contributed by atoms with Gasteiger partial charge in [-0.05, 0) is 37.3 Å². The Kier molecular flexibility index (Phi) is 3.70. The van der Waals surface area contributed by atoms with Crippen molar-refractivity contribution in [3.05, 3.63) is 52.6 Å². The summed E-state index contributed by atoms with van der Waals surface area (Å²) < 4.78 is 2.03. The lowest BCUT2D eigenvalue weighted by atomic mass is 10.3. The first-order valence-corrected chi connectivity index (χ1v) is 8.63. The van der Waals surface area contributed by atoms with Crippen LogP contribution in [-0.4, -0.2) is 19.5 Å². The predicted molar refractivity (Wildman–Crippen MR) is 99.1 cm³/mol. The lowest BCUT2D eigenvalue weighted by Gasteiger charge is -2.02. The number of thiazole rings is 1. The third kappa shape index (κ3) is 2.74. The molecule has 0 bridgehead atoms. The third-order valence-electron chi connectivity index (χ3n) is 3.74. The van der Waals surface area contributed by atoms with E-state index in [-0.39, 0.29) is 0 Å². The number of anilines is 2. The van der Waals surface area contributed by atoms with E-state index in [1.165, 1.54) is 11.3 Å². The maximum Gasteiger partial charge on any atom is 0.187 e. The van der Waals surface area contributed by atoms with Crippen molar-refractivity contribution in [2.75, 3.05) is 5.32 Å². The first-order valence-electron chi connectivity index (χ1n) is 7.38. The predicted octanol–water partition coefficient (Wildman–Crippen LogP) is 4.80. The van der Waals surface area contributed by atoms with Crippen LogP contribution in [0.4, 0.5) is 10.8 Å². The molecule has 0 radical (unpaired) electrons. The van der Waals surface area contributed by atoms with Gasteiger partial charge in [0.1, 0.15) is 5.69 Å². The van der Waals surface area contributed by atoms with Crippen LogP contribution in [0.3, 0.4) is 0 Å². The van der Waals surface area contributed by atoms with E-state index < -0.39 is 0 Å². The van der Waals surface area contributed by atoms with Gasteiger partial charge in [-0.15, -0.1) is 11.3 Å². The minimum absolute atomic E-state index is 0.680. The molecule has 120 valence electrons. The van der Waals surface area contributed by atoms with Gasteiger partial charge in [0.05, 0.1) is 22.9 Å². The number of aromatic nitrogens is 4. The van der Waals surface area contributed by atoms with Crippen LogP contribution in [0.1, 0.15) is 5.69 Å². The molecule has 0 amide bonds. The Balaban J connectivity index is 1.67. The summed E-state index contributed by atoms with van der Waals surface area (Å²) in [5.41, 5.74) is 4.62. The van der Waals surface area contributed by atoms with Crippen molar-refractivity contribution in [1.82, 2.24) is 19.5 Å². The molecule has 4 aromatic rings. The molecular formula is C17H14ClN5S. The fraction of sp³-hybridized carbons (Fsp3) is 0.118. The summed E-state index contributed by atoms with van der Waals surface area (Å²) in [5, 5.41) is 6.75. The van der Waals surface area contributed by atoms with Crippen molar-refractivity contribution in [2.45, 2.75) is 6.92 Å². The highest BCUT2D eigenvalue weighted by molar-refractivity contribution is 7.14. The molecule has 0 atom stereocenters. The smallest absolute Gasteiger partial charge is 0.187 e. The van der Waals surface area contributed by atoms with Crippen LogP contribution in [0.15, 0.2) is 41.9 Å². The van der Waals surface area contributed by atoms with Crippen LogP contribution >= 0.6 is 22.9 Å². The lowest BCUT2D eigenvalue weighted by molar-refractivity contribution is 0.953. The molecule has 7 heteroatoms. The Labute approximate surface area is 148 Å². The average molecular weight is 356 g/mol. The molecule has 3 aromatic heterocycles. The minimum atomic E-state index is 0.680. The van der Waals surface area contributed by atoms with Crippen LogP contribution in [0.5, 0.6) is 0 Å². The molecule has 3 heterocycles. The fourth-order valence-corrected chi connectivity index (χ4v) is 3.38. The molecule has 0 saturated carbocycles. The maximum absolute atomic E-state index is 6.05. The Morgan fingerprint density at radius 2 is 2.04 bits per heavy atom. The largest absolute Gasteiger partial charge is 0.330 e. The summed E-state index contributed by atoms with van der Waals surface area (Å²) in [6.45, 7) is 1.96. The van der Waals surface area contributed by atoms with Crippen molar-refractivity contribution >= 4 is 44.8 Å². The zero-order valence-electron chi connectivity index (χ0n) is 13.1. The van der Waals surface area contributed by atoms with Crippen molar-refractivity contribution in [3.63, 3.8) is 0 Å². The number of fused-ring (bicyclic) bond motifs is 1. The summed E-state index contributed by atoms with van der Waals surface area (Å²) in [4.78, 5) is 13.6. The zero-order chi connectivity index (χ0) is 16.7. The molecule has 1 aromatic carbocycles. The van der Waals surface area contributed by atoms with Crippen molar-refractivity contribution < 1.29 is 0 Å². The number of hydrogen-bond donors (Lipinski definition) is 1. The van der Waals surface area contributed by atoms with Gasteiger partial charge in [0.15, 0.2) is 11.0 Å². The van der Waals surface area contributed by atoms with E-state index in [0.717, 1.165) is 39.1 Å². The second kappa shape index (κ2) is 5.89. The van der Waals surface area contributed by atoms with Gasteiger partial charge in [0.2, 0.25) is 0 Å². The van der Waals surface area contributed by atoms with Gasteiger partial charge in [-0.3, -0.25) is 4.98 Å². The van der Waals surface area contributed by atoms with E-state index in [4.69, 9.17) is 11.6 Å². The van der Waals surface area contributed by atoms with Crippen LogP contribution < -0.4 is 5.32 Å². The lowest BCUT2D eigenvalue weighted by Crippen LogP contribution is -1.94. The Bertz CT molecular complexity index is 1020. The molecule has 0 aliphatic heterocycles. The number of nitrogens with zero attached hydrogens (tertiary/aromatic N) is 4. The van der Waals surface area contributed by atoms with E-state index >= 15 is 0 Å². The number of hydrogen-bond acceptors (Lipinski definition) is 5. The summed E-state index contributed by atoms with van der Waals surface area (Å²) >= 11 is 7.59. The van der Waals surface area contributed by atoms with Crippen molar-refractivity contribution in [2.24, 2.45) is 7.05 Å². The van der Waals surface area contributed by atoms with Crippen LogP contribution in [0.2, 0.25) is 5.02 Å².